The highest BCUT2D eigenvalue weighted by Crippen LogP contribution is 2.26. The average molecular weight is 297 g/mol. The normalized spacial score (nSPS) is 13.1. The highest BCUT2D eigenvalue weighted by molar-refractivity contribution is 9.10. The summed E-state index contributed by atoms with van der Waals surface area (Å²) >= 11 is 3.58. The second kappa shape index (κ2) is 5.67. The van der Waals surface area contributed by atoms with Gasteiger partial charge in [-0.05, 0) is 28.9 Å². The summed E-state index contributed by atoms with van der Waals surface area (Å²) in [5.41, 5.74) is 6.91. The van der Waals surface area contributed by atoms with Gasteiger partial charge in [0.05, 0.1) is 12.6 Å². The van der Waals surface area contributed by atoms with Gasteiger partial charge in [-0.3, -0.25) is 0 Å². The van der Waals surface area contributed by atoms with Crippen LogP contribution in [0.2, 0.25) is 0 Å². The lowest BCUT2D eigenvalue weighted by Crippen LogP contribution is -2.28. The minimum Gasteiger partial charge on any atom is -0.375 e. The number of para-hydroxylation sites is 1. The Labute approximate surface area is 110 Å². The van der Waals surface area contributed by atoms with Crippen LogP contribution in [0.1, 0.15) is 6.92 Å². The number of halogens is 1. The van der Waals surface area contributed by atoms with Gasteiger partial charge in [-0.25, -0.2) is 0 Å². The summed E-state index contributed by atoms with van der Waals surface area (Å²) in [7, 11) is 0. The van der Waals surface area contributed by atoms with Crippen molar-refractivity contribution in [3.8, 4) is 0 Å². The van der Waals surface area contributed by atoms with Gasteiger partial charge < -0.3 is 15.0 Å². The Morgan fingerprint density at radius 1 is 1.41 bits per heavy atom. The topological polar surface area (TPSA) is 40.2 Å². The zero-order chi connectivity index (χ0) is 12.3. The molecule has 2 aromatic rings. The van der Waals surface area contributed by atoms with Gasteiger partial charge in [-0.1, -0.05) is 18.2 Å². The molecule has 1 heterocycles. The maximum absolute atomic E-state index is 5.71. The number of rotatable bonds is 5. The van der Waals surface area contributed by atoms with Crippen molar-refractivity contribution in [2.24, 2.45) is 5.73 Å². The van der Waals surface area contributed by atoms with Gasteiger partial charge in [0.25, 0.3) is 0 Å². The number of nitrogens with two attached hydrogens (primary N) is 1. The molecule has 2 rings (SSSR count). The molecule has 0 spiro atoms. The van der Waals surface area contributed by atoms with E-state index in [4.69, 9.17) is 10.5 Å². The summed E-state index contributed by atoms with van der Waals surface area (Å²) in [4.78, 5) is 0. The molecule has 0 saturated heterocycles. The molecule has 92 valence electrons. The summed E-state index contributed by atoms with van der Waals surface area (Å²) in [6.07, 6.45) is 2.16. The first kappa shape index (κ1) is 12.6. The lowest BCUT2D eigenvalue weighted by Gasteiger charge is -2.16. The van der Waals surface area contributed by atoms with E-state index in [-0.39, 0.29) is 6.10 Å². The second-order valence-electron chi connectivity index (χ2n) is 3.96. The number of nitrogens with zero attached hydrogens (tertiary/aromatic N) is 1. The number of fused-ring (bicyclic) bond motifs is 1. The Bertz CT molecular complexity index is 495. The number of aromatic nitrogens is 1. The summed E-state index contributed by atoms with van der Waals surface area (Å²) in [5.74, 6) is 0. The smallest absolute Gasteiger partial charge is 0.0875 e. The minimum absolute atomic E-state index is 0.0720. The third kappa shape index (κ3) is 2.70. The third-order valence-electron chi connectivity index (χ3n) is 2.81. The quantitative estimate of drug-likeness (QED) is 0.922. The molecule has 4 heteroatoms. The van der Waals surface area contributed by atoms with Crippen LogP contribution in [0.15, 0.2) is 34.9 Å². The number of benzene rings is 1. The molecule has 17 heavy (non-hydrogen) atoms. The van der Waals surface area contributed by atoms with Crippen LogP contribution in [0.3, 0.4) is 0 Å². The Balaban J connectivity index is 2.29. The molecular weight excluding hydrogens is 280 g/mol. The van der Waals surface area contributed by atoms with Crippen molar-refractivity contribution in [2.75, 3.05) is 13.2 Å². The van der Waals surface area contributed by atoms with Crippen LogP contribution in [0.4, 0.5) is 0 Å². The predicted molar refractivity (Wildman–Crippen MR) is 74.1 cm³/mol. The summed E-state index contributed by atoms with van der Waals surface area (Å²) < 4.78 is 8.89. The van der Waals surface area contributed by atoms with Crippen LogP contribution in [-0.2, 0) is 11.3 Å². The van der Waals surface area contributed by atoms with Crippen LogP contribution in [0.5, 0.6) is 0 Å². The predicted octanol–water partition coefficient (Wildman–Crippen LogP) is 2.77. The molecule has 1 aromatic carbocycles. The standard InChI is InChI=1S/C13H17BrN2O/c1-2-17-10(7-15)8-16-9-12(14)11-5-3-4-6-13(11)16/h3-6,9-10H,2,7-8,15H2,1H3. The first-order valence-electron chi connectivity index (χ1n) is 5.81. The molecule has 1 unspecified atom stereocenters. The van der Waals surface area contributed by atoms with Gasteiger partial charge >= 0.3 is 0 Å². The van der Waals surface area contributed by atoms with E-state index >= 15 is 0 Å². The largest absolute Gasteiger partial charge is 0.375 e. The second-order valence-corrected chi connectivity index (χ2v) is 4.81. The molecule has 2 N–H and O–H groups in total. The van der Waals surface area contributed by atoms with Crippen LogP contribution in [-0.4, -0.2) is 23.8 Å². The fourth-order valence-corrected chi connectivity index (χ4v) is 2.59. The molecule has 0 bridgehead atoms. The summed E-state index contributed by atoms with van der Waals surface area (Å²) in [5, 5.41) is 1.22. The molecule has 1 aromatic heterocycles. The van der Waals surface area contributed by atoms with Crippen LogP contribution in [0.25, 0.3) is 10.9 Å². The lowest BCUT2D eigenvalue weighted by molar-refractivity contribution is 0.0576. The van der Waals surface area contributed by atoms with Crippen molar-refractivity contribution in [3.05, 3.63) is 34.9 Å². The third-order valence-corrected chi connectivity index (χ3v) is 3.44. The molecule has 0 aliphatic carbocycles. The van der Waals surface area contributed by atoms with E-state index in [9.17, 15) is 0 Å². The Kier molecular flexibility index (Phi) is 4.20. The highest BCUT2D eigenvalue weighted by Gasteiger charge is 2.11. The molecule has 1 atom stereocenters. The first-order valence-corrected chi connectivity index (χ1v) is 6.60. The van der Waals surface area contributed by atoms with Crippen molar-refractivity contribution >= 4 is 26.8 Å². The maximum Gasteiger partial charge on any atom is 0.0875 e. The molecule has 0 aliphatic heterocycles. The molecule has 3 nitrogen and oxygen atoms in total. The van der Waals surface area contributed by atoms with Crippen molar-refractivity contribution in [3.63, 3.8) is 0 Å². The molecular formula is C13H17BrN2O. The van der Waals surface area contributed by atoms with Gasteiger partial charge in [0.2, 0.25) is 0 Å². The van der Waals surface area contributed by atoms with Gasteiger partial charge in [0, 0.05) is 34.7 Å². The molecule has 0 aliphatic rings. The van der Waals surface area contributed by atoms with E-state index < -0.39 is 0 Å². The zero-order valence-corrected chi connectivity index (χ0v) is 11.5. The summed E-state index contributed by atoms with van der Waals surface area (Å²) in [6, 6.07) is 8.30. The van der Waals surface area contributed by atoms with Crippen molar-refractivity contribution in [2.45, 2.75) is 19.6 Å². The fraction of sp³-hybridized carbons (Fsp3) is 0.385. The Morgan fingerprint density at radius 2 is 2.18 bits per heavy atom. The molecule has 0 radical (unpaired) electrons. The minimum atomic E-state index is 0.0720. The SMILES string of the molecule is CCOC(CN)Cn1cc(Br)c2ccccc21. The molecule has 0 amide bonds. The lowest BCUT2D eigenvalue weighted by atomic mass is 10.2. The Hall–Kier alpha value is -0.840. The fourth-order valence-electron chi connectivity index (χ4n) is 2.00. The van der Waals surface area contributed by atoms with E-state index in [0.717, 1.165) is 11.0 Å². The zero-order valence-electron chi connectivity index (χ0n) is 9.90. The van der Waals surface area contributed by atoms with Crippen LogP contribution < -0.4 is 5.73 Å². The molecule has 0 fully saturated rings. The summed E-state index contributed by atoms with van der Waals surface area (Å²) in [6.45, 7) is 4.02. The average Bonchev–Trinajstić information content (AvgIpc) is 2.66. The number of ether oxygens (including phenoxy) is 1. The van der Waals surface area contributed by atoms with Crippen molar-refractivity contribution in [1.82, 2.24) is 4.57 Å². The van der Waals surface area contributed by atoms with Gasteiger partial charge in [0.1, 0.15) is 0 Å². The number of hydrogen-bond acceptors (Lipinski definition) is 2. The van der Waals surface area contributed by atoms with E-state index in [2.05, 4.69) is 38.8 Å². The van der Waals surface area contributed by atoms with Crippen LogP contribution >= 0.6 is 15.9 Å². The van der Waals surface area contributed by atoms with Crippen LogP contribution in [0, 0.1) is 0 Å². The maximum atomic E-state index is 5.71. The van der Waals surface area contributed by atoms with Gasteiger partial charge in [-0.2, -0.15) is 0 Å². The van der Waals surface area contributed by atoms with Crippen molar-refractivity contribution in [1.29, 1.82) is 0 Å². The van der Waals surface area contributed by atoms with Crippen molar-refractivity contribution < 1.29 is 4.74 Å². The number of hydrogen-bond donors (Lipinski definition) is 1. The van der Waals surface area contributed by atoms with E-state index in [1.807, 2.05) is 19.1 Å². The van der Waals surface area contributed by atoms with Gasteiger partial charge in [-0.15, -0.1) is 0 Å². The molecule has 0 saturated carbocycles. The Morgan fingerprint density at radius 3 is 2.88 bits per heavy atom. The van der Waals surface area contributed by atoms with E-state index in [1.165, 1.54) is 10.9 Å². The highest BCUT2D eigenvalue weighted by atomic mass is 79.9. The monoisotopic (exact) mass is 296 g/mol. The van der Waals surface area contributed by atoms with E-state index in [0.29, 0.717) is 13.2 Å². The van der Waals surface area contributed by atoms with Gasteiger partial charge in [0.15, 0.2) is 0 Å². The first-order chi connectivity index (χ1) is 8.26. The van der Waals surface area contributed by atoms with E-state index in [1.54, 1.807) is 0 Å².